The maximum atomic E-state index is 13.6. The summed E-state index contributed by atoms with van der Waals surface area (Å²) >= 11 is 0. The third-order valence-electron chi connectivity index (χ3n) is 4.24. The summed E-state index contributed by atoms with van der Waals surface area (Å²) < 4.78 is 65.7. The van der Waals surface area contributed by atoms with E-state index >= 15 is 0 Å². The Morgan fingerprint density at radius 1 is 1.31 bits per heavy atom. The Balaban J connectivity index is 2.19. The number of pyridine rings is 1. The lowest BCUT2D eigenvalue weighted by molar-refractivity contribution is -0.268. The standard InChI is InChI=1S/C16H19F3N4O5S/c17-16(18,19)15(26,4-6-29(21,27)5-3-11(20)14(24)25)13-2-1-10(7-23-13)12-8-22-9-28-12/h1-2,7-9,11,21,26H,3-6,20H2,(H,24,25)/t11-,15?,29?/m0/s1. The number of aliphatic hydroxyl groups is 1. The summed E-state index contributed by atoms with van der Waals surface area (Å²) in [5, 5.41) is 19.0. The second kappa shape index (κ2) is 8.47. The van der Waals surface area contributed by atoms with Crippen LogP contribution in [0.4, 0.5) is 13.2 Å². The monoisotopic (exact) mass is 436 g/mol. The molecule has 0 radical (unpaired) electrons. The highest BCUT2D eigenvalue weighted by Gasteiger charge is 2.56. The molecule has 0 saturated heterocycles. The maximum Gasteiger partial charge on any atom is 0.423 e. The summed E-state index contributed by atoms with van der Waals surface area (Å²) in [5.74, 6) is -2.43. The van der Waals surface area contributed by atoms with Crippen molar-refractivity contribution in [3.63, 3.8) is 0 Å². The van der Waals surface area contributed by atoms with Crippen LogP contribution >= 0.6 is 0 Å². The molecule has 0 saturated carbocycles. The first-order chi connectivity index (χ1) is 13.4. The predicted octanol–water partition coefficient (Wildman–Crippen LogP) is 1.73. The molecule has 29 heavy (non-hydrogen) atoms. The molecule has 2 aromatic heterocycles. The maximum absolute atomic E-state index is 13.6. The molecule has 2 unspecified atom stereocenters. The average molecular weight is 436 g/mol. The number of carbonyl (C=O) groups is 1. The van der Waals surface area contributed by atoms with Gasteiger partial charge in [-0.3, -0.25) is 14.6 Å². The zero-order valence-corrected chi connectivity index (χ0v) is 15.7. The summed E-state index contributed by atoms with van der Waals surface area (Å²) in [6.45, 7) is 0. The van der Waals surface area contributed by atoms with E-state index in [2.05, 4.69) is 9.97 Å². The summed E-state index contributed by atoms with van der Waals surface area (Å²) in [5.41, 5.74) is 1.43. The van der Waals surface area contributed by atoms with Gasteiger partial charge in [0.25, 0.3) is 0 Å². The van der Waals surface area contributed by atoms with Gasteiger partial charge >= 0.3 is 12.1 Å². The Hall–Kier alpha value is -2.51. The molecule has 0 aliphatic carbocycles. The van der Waals surface area contributed by atoms with Crippen molar-refractivity contribution in [1.82, 2.24) is 9.97 Å². The van der Waals surface area contributed by atoms with Crippen LogP contribution in [0.5, 0.6) is 0 Å². The van der Waals surface area contributed by atoms with Gasteiger partial charge in [0.1, 0.15) is 6.04 Å². The molecule has 0 amide bonds. The first-order valence-corrected chi connectivity index (χ1v) is 10.1. The fraction of sp³-hybridized carbons (Fsp3) is 0.438. The van der Waals surface area contributed by atoms with Gasteiger partial charge in [0.2, 0.25) is 5.60 Å². The average Bonchev–Trinajstić information content (AvgIpc) is 3.18. The van der Waals surface area contributed by atoms with Gasteiger partial charge in [-0.25, -0.2) is 9.19 Å². The largest absolute Gasteiger partial charge is 0.480 e. The number of oxazole rings is 1. The fourth-order valence-corrected chi connectivity index (χ4v) is 3.88. The molecule has 3 atom stereocenters. The van der Waals surface area contributed by atoms with Crippen molar-refractivity contribution >= 4 is 15.7 Å². The van der Waals surface area contributed by atoms with Gasteiger partial charge in [-0.05, 0) is 18.6 Å². The second-order valence-electron chi connectivity index (χ2n) is 6.36. The molecule has 0 aromatic carbocycles. The van der Waals surface area contributed by atoms with Crippen LogP contribution < -0.4 is 5.73 Å². The molecule has 0 aliphatic heterocycles. The van der Waals surface area contributed by atoms with Crippen LogP contribution in [0.1, 0.15) is 18.5 Å². The van der Waals surface area contributed by atoms with Gasteiger partial charge in [-0.15, -0.1) is 0 Å². The molecule has 9 nitrogen and oxygen atoms in total. The number of halogens is 3. The van der Waals surface area contributed by atoms with Gasteiger partial charge in [0, 0.05) is 39.4 Å². The number of nitrogens with one attached hydrogen (secondary N) is 1. The lowest BCUT2D eigenvalue weighted by Crippen LogP contribution is -2.44. The lowest BCUT2D eigenvalue weighted by atomic mass is 9.94. The minimum Gasteiger partial charge on any atom is -0.480 e. The number of nitrogens with zero attached hydrogens (tertiary/aromatic N) is 2. The van der Waals surface area contributed by atoms with Crippen LogP contribution in [0.15, 0.2) is 35.3 Å². The van der Waals surface area contributed by atoms with E-state index in [-0.39, 0.29) is 12.2 Å². The van der Waals surface area contributed by atoms with E-state index < -0.39 is 57.1 Å². The molecular weight excluding hydrogens is 417 g/mol. The summed E-state index contributed by atoms with van der Waals surface area (Å²) in [6, 6.07) is 0.828. The van der Waals surface area contributed by atoms with E-state index in [1.807, 2.05) is 0 Å². The number of nitrogens with two attached hydrogens (primary N) is 1. The Bertz CT molecular complexity index is 932. The molecule has 2 aromatic rings. The Labute approximate surface area is 163 Å². The van der Waals surface area contributed by atoms with E-state index in [1.165, 1.54) is 12.3 Å². The number of hydrogen-bond acceptors (Lipinski definition) is 8. The highest BCUT2D eigenvalue weighted by molar-refractivity contribution is 7.92. The van der Waals surface area contributed by atoms with Gasteiger partial charge in [-0.2, -0.15) is 13.2 Å². The highest BCUT2D eigenvalue weighted by atomic mass is 32.2. The molecule has 5 N–H and O–H groups in total. The SMILES string of the molecule is N=S(=O)(CC[C@H](N)C(=O)O)CCC(O)(c1ccc(-c2cnco2)cn1)C(F)(F)F. The van der Waals surface area contributed by atoms with E-state index in [9.17, 15) is 27.3 Å². The summed E-state index contributed by atoms with van der Waals surface area (Å²) in [7, 11) is -3.61. The second-order valence-corrected chi connectivity index (χ2v) is 8.80. The van der Waals surface area contributed by atoms with Crippen LogP contribution in [-0.4, -0.2) is 54.1 Å². The van der Waals surface area contributed by atoms with Gasteiger partial charge in [0.05, 0.1) is 11.9 Å². The van der Waals surface area contributed by atoms with Gasteiger partial charge < -0.3 is 20.4 Å². The van der Waals surface area contributed by atoms with E-state index in [0.717, 1.165) is 18.7 Å². The topological polar surface area (TPSA) is 163 Å². The summed E-state index contributed by atoms with van der Waals surface area (Å²) in [6.07, 6.45) is -3.04. The van der Waals surface area contributed by atoms with Crippen LogP contribution in [0.2, 0.25) is 0 Å². The minimum absolute atomic E-state index is 0.267. The van der Waals surface area contributed by atoms with Gasteiger partial charge in [0.15, 0.2) is 12.2 Å². The number of carboxylic acids is 1. The Morgan fingerprint density at radius 2 is 2.00 bits per heavy atom. The van der Waals surface area contributed by atoms with E-state index in [1.54, 1.807) is 0 Å². The van der Waals surface area contributed by atoms with Crippen molar-refractivity contribution < 1.29 is 36.8 Å². The number of carboxylic acid groups (broad SMARTS) is 1. The third-order valence-corrected chi connectivity index (χ3v) is 6.00. The van der Waals surface area contributed by atoms with Crippen LogP contribution in [0.25, 0.3) is 11.3 Å². The van der Waals surface area contributed by atoms with Crippen molar-refractivity contribution in [2.75, 3.05) is 11.5 Å². The van der Waals surface area contributed by atoms with Crippen molar-refractivity contribution in [1.29, 1.82) is 4.78 Å². The van der Waals surface area contributed by atoms with Crippen LogP contribution in [0.3, 0.4) is 0 Å². The molecule has 0 fully saturated rings. The molecule has 0 bridgehead atoms. The van der Waals surface area contributed by atoms with Crippen LogP contribution in [-0.2, 0) is 20.1 Å². The molecular formula is C16H19F3N4O5S. The molecule has 2 heterocycles. The zero-order valence-electron chi connectivity index (χ0n) is 14.9. The smallest absolute Gasteiger partial charge is 0.423 e. The number of hydrogen-bond donors (Lipinski definition) is 4. The first-order valence-electron chi connectivity index (χ1n) is 8.23. The zero-order chi connectivity index (χ0) is 21.9. The lowest BCUT2D eigenvalue weighted by Gasteiger charge is -2.30. The van der Waals surface area contributed by atoms with E-state index in [0.29, 0.717) is 5.56 Å². The normalized spacial score (nSPS) is 17.3. The van der Waals surface area contributed by atoms with Crippen molar-refractivity contribution in [3.8, 4) is 11.3 Å². The molecule has 0 spiro atoms. The Morgan fingerprint density at radius 3 is 2.48 bits per heavy atom. The molecule has 2 rings (SSSR count). The minimum atomic E-state index is -5.15. The number of alkyl halides is 3. The number of aromatic nitrogens is 2. The molecule has 13 heteroatoms. The fourth-order valence-electron chi connectivity index (χ4n) is 2.41. The molecule has 160 valence electrons. The van der Waals surface area contributed by atoms with Gasteiger partial charge in [-0.1, -0.05) is 0 Å². The molecule has 0 aliphatic rings. The summed E-state index contributed by atoms with van der Waals surface area (Å²) in [4.78, 5) is 18.0. The van der Waals surface area contributed by atoms with Crippen molar-refractivity contribution in [3.05, 3.63) is 36.6 Å². The first kappa shape index (κ1) is 22.8. The third kappa shape index (κ3) is 5.52. The predicted molar refractivity (Wildman–Crippen MR) is 95.1 cm³/mol. The van der Waals surface area contributed by atoms with Crippen molar-refractivity contribution in [2.45, 2.75) is 30.7 Å². The Kier molecular flexibility index (Phi) is 6.65. The van der Waals surface area contributed by atoms with E-state index in [4.69, 9.17) is 20.0 Å². The van der Waals surface area contributed by atoms with Crippen molar-refractivity contribution in [2.24, 2.45) is 5.73 Å². The number of rotatable bonds is 9. The highest BCUT2D eigenvalue weighted by Crippen LogP contribution is 2.41. The van der Waals surface area contributed by atoms with Crippen LogP contribution in [0, 0.1) is 4.78 Å². The number of aliphatic carboxylic acids is 1. The quantitative estimate of drug-likeness (QED) is 0.462.